The van der Waals surface area contributed by atoms with Crippen LogP contribution in [0, 0.1) is 0 Å². The lowest BCUT2D eigenvalue weighted by Crippen LogP contribution is -2.08. The van der Waals surface area contributed by atoms with Gasteiger partial charge in [-0.3, -0.25) is 0 Å². The highest BCUT2D eigenvalue weighted by Gasteiger charge is 2.21. The minimum absolute atomic E-state index is 0.0751. The van der Waals surface area contributed by atoms with E-state index in [4.69, 9.17) is 4.52 Å². The molecule has 0 amide bonds. The molecule has 2 rings (SSSR count). The topological polar surface area (TPSA) is 38.9 Å². The van der Waals surface area contributed by atoms with Crippen LogP contribution in [-0.4, -0.2) is 19.6 Å². The van der Waals surface area contributed by atoms with Gasteiger partial charge in [-0.05, 0) is 5.41 Å². The summed E-state index contributed by atoms with van der Waals surface area (Å²) in [6, 6.07) is 9.89. The normalized spacial score (nSPS) is 13.4. The lowest BCUT2D eigenvalue weighted by atomic mass is 10.2. The molecule has 2 aromatic rings. The highest BCUT2D eigenvalue weighted by molar-refractivity contribution is 8.11. The van der Waals surface area contributed by atoms with E-state index in [1.165, 1.54) is 0 Å². The summed E-state index contributed by atoms with van der Waals surface area (Å²) in [7, 11) is 0. The molecule has 1 aromatic heterocycles. The molecule has 0 fully saturated rings. The molecule has 0 spiro atoms. The van der Waals surface area contributed by atoms with Gasteiger partial charge in [0.05, 0.1) is 4.91 Å². The Bertz CT molecular complexity index is 664. The monoisotopic (exact) mass is 348 g/mol. The van der Waals surface area contributed by atoms with E-state index in [2.05, 4.69) is 57.1 Å². The summed E-state index contributed by atoms with van der Waals surface area (Å²) in [6.07, 6.45) is 0. The summed E-state index contributed by atoms with van der Waals surface area (Å²) in [4.78, 5) is 5.61. The summed E-state index contributed by atoms with van der Waals surface area (Å²) >= 11 is 3.52. The fourth-order valence-corrected chi connectivity index (χ4v) is 3.43. The van der Waals surface area contributed by atoms with Crippen LogP contribution < -0.4 is 0 Å². The number of rotatable bonds is 4. The van der Waals surface area contributed by atoms with Crippen LogP contribution in [0.25, 0.3) is 16.3 Å². The van der Waals surface area contributed by atoms with Gasteiger partial charge in [0.25, 0.3) is 5.89 Å². The van der Waals surface area contributed by atoms with Crippen molar-refractivity contribution < 1.29 is 4.52 Å². The van der Waals surface area contributed by atoms with E-state index in [0.717, 1.165) is 10.5 Å². The number of hydrogen-bond donors (Lipinski definition) is 0. The molecule has 0 radical (unpaired) electrons. The first-order chi connectivity index (χ1) is 10.6. The zero-order chi connectivity index (χ0) is 17.1. The second-order valence-electron chi connectivity index (χ2n) is 7.22. The van der Waals surface area contributed by atoms with Crippen LogP contribution in [0.3, 0.4) is 0 Å². The Kier molecular flexibility index (Phi) is 5.63. The smallest absolute Gasteiger partial charge is 0.265 e. The third-order valence-corrected chi connectivity index (χ3v) is 4.94. The summed E-state index contributed by atoms with van der Waals surface area (Å²) in [5.74, 6) is 1.21. The number of benzene rings is 1. The fraction of sp³-hybridized carbons (Fsp3) is 0.444. The number of nitrogens with zero attached hydrogens (tertiary/aromatic N) is 2. The largest absolute Gasteiger partial charge is 0.333 e. The van der Waals surface area contributed by atoms with Crippen LogP contribution in [0.1, 0.15) is 47.4 Å². The molecule has 1 heterocycles. The molecule has 0 aliphatic rings. The molecule has 0 N–H and O–H groups in total. The van der Waals surface area contributed by atoms with Gasteiger partial charge >= 0.3 is 0 Å². The van der Waals surface area contributed by atoms with E-state index in [9.17, 15) is 0 Å². The number of thioether (sulfide) groups is 2. The molecule has 1 aromatic carbocycles. The van der Waals surface area contributed by atoms with E-state index < -0.39 is 0 Å². The van der Waals surface area contributed by atoms with E-state index in [1.54, 1.807) is 23.5 Å². The van der Waals surface area contributed by atoms with Gasteiger partial charge in [-0.25, -0.2) is 0 Å². The van der Waals surface area contributed by atoms with Crippen molar-refractivity contribution in [1.29, 1.82) is 0 Å². The molecular weight excluding hydrogens is 324 g/mol. The number of aromatic nitrogens is 2. The highest BCUT2D eigenvalue weighted by Crippen LogP contribution is 2.40. The second-order valence-corrected chi connectivity index (χ2v) is 10.8. The van der Waals surface area contributed by atoms with E-state index in [-0.39, 0.29) is 9.49 Å². The van der Waals surface area contributed by atoms with Gasteiger partial charge in [0.2, 0.25) is 5.82 Å². The standard InChI is InChI=1S/C18H24N2OS2/c1-17(2,3)22-12-14(23-18(4,5)6)16-19-15(20-21-16)13-10-8-7-9-11-13/h7-12H,1-6H3. The molecule has 0 aliphatic heterocycles. The Labute approximate surface area is 147 Å². The summed E-state index contributed by atoms with van der Waals surface area (Å²) in [6.45, 7) is 13.1. The van der Waals surface area contributed by atoms with Gasteiger partial charge in [-0.2, -0.15) is 4.98 Å². The van der Waals surface area contributed by atoms with E-state index in [0.29, 0.717) is 11.7 Å². The van der Waals surface area contributed by atoms with Crippen molar-refractivity contribution in [1.82, 2.24) is 10.1 Å². The zero-order valence-corrected chi connectivity index (χ0v) is 16.2. The van der Waals surface area contributed by atoms with Gasteiger partial charge in [0, 0.05) is 15.1 Å². The van der Waals surface area contributed by atoms with Crippen molar-refractivity contribution in [2.24, 2.45) is 0 Å². The Balaban J connectivity index is 2.31. The van der Waals surface area contributed by atoms with Crippen molar-refractivity contribution in [2.45, 2.75) is 51.0 Å². The van der Waals surface area contributed by atoms with E-state index >= 15 is 0 Å². The van der Waals surface area contributed by atoms with Crippen LogP contribution in [0.2, 0.25) is 0 Å². The molecular formula is C18H24N2OS2. The Morgan fingerprint density at radius 3 is 2.22 bits per heavy atom. The van der Waals surface area contributed by atoms with Crippen LogP contribution in [-0.2, 0) is 0 Å². The Morgan fingerprint density at radius 1 is 1.00 bits per heavy atom. The molecule has 23 heavy (non-hydrogen) atoms. The van der Waals surface area contributed by atoms with Gasteiger partial charge in [0.1, 0.15) is 0 Å². The minimum Gasteiger partial charge on any atom is -0.333 e. The third-order valence-electron chi connectivity index (χ3n) is 2.60. The maximum Gasteiger partial charge on any atom is 0.265 e. The molecule has 5 heteroatoms. The first-order valence-electron chi connectivity index (χ1n) is 7.60. The van der Waals surface area contributed by atoms with Gasteiger partial charge in [0.15, 0.2) is 0 Å². The van der Waals surface area contributed by atoms with Crippen molar-refractivity contribution in [2.75, 3.05) is 0 Å². The maximum absolute atomic E-state index is 5.53. The highest BCUT2D eigenvalue weighted by atomic mass is 32.2. The number of hydrogen-bond acceptors (Lipinski definition) is 5. The van der Waals surface area contributed by atoms with Crippen molar-refractivity contribution in [3.05, 3.63) is 41.6 Å². The average molecular weight is 349 g/mol. The SMILES string of the molecule is CC(C)(C)SC=C(SC(C)(C)C)c1nc(-c2ccccc2)no1. The zero-order valence-electron chi connectivity index (χ0n) is 14.6. The predicted molar refractivity (Wildman–Crippen MR) is 102 cm³/mol. The predicted octanol–water partition coefficient (Wildman–Crippen LogP) is 6.10. The molecule has 0 aliphatic carbocycles. The minimum atomic E-state index is 0.0751. The van der Waals surface area contributed by atoms with Crippen LogP contribution in [0.5, 0.6) is 0 Å². The van der Waals surface area contributed by atoms with Crippen molar-refractivity contribution in [3.8, 4) is 11.4 Å². The molecule has 3 nitrogen and oxygen atoms in total. The quantitative estimate of drug-likeness (QED) is 0.667. The molecule has 0 atom stereocenters. The van der Waals surface area contributed by atoms with Gasteiger partial charge in [-0.1, -0.05) is 77.0 Å². The average Bonchev–Trinajstić information content (AvgIpc) is 2.92. The molecule has 0 bridgehead atoms. The van der Waals surface area contributed by atoms with E-state index in [1.807, 2.05) is 30.3 Å². The Hall–Kier alpha value is -1.20. The van der Waals surface area contributed by atoms with Crippen LogP contribution in [0.15, 0.2) is 40.3 Å². The molecule has 0 saturated carbocycles. The van der Waals surface area contributed by atoms with Crippen molar-refractivity contribution in [3.63, 3.8) is 0 Å². The van der Waals surface area contributed by atoms with Crippen LogP contribution >= 0.6 is 23.5 Å². The lowest BCUT2D eigenvalue weighted by Gasteiger charge is -2.20. The maximum atomic E-state index is 5.53. The first-order valence-corrected chi connectivity index (χ1v) is 9.30. The Morgan fingerprint density at radius 2 is 1.65 bits per heavy atom. The van der Waals surface area contributed by atoms with Crippen molar-refractivity contribution >= 4 is 28.4 Å². The van der Waals surface area contributed by atoms with Crippen LogP contribution in [0.4, 0.5) is 0 Å². The summed E-state index contributed by atoms with van der Waals surface area (Å²) in [5.41, 5.74) is 0.964. The summed E-state index contributed by atoms with van der Waals surface area (Å²) < 4.78 is 5.75. The first kappa shape index (κ1) is 18.1. The summed E-state index contributed by atoms with van der Waals surface area (Å²) in [5, 5.41) is 6.27. The molecule has 0 saturated heterocycles. The molecule has 124 valence electrons. The molecule has 0 unspecified atom stereocenters. The second kappa shape index (κ2) is 7.14. The fourth-order valence-electron chi connectivity index (χ4n) is 1.71. The van der Waals surface area contributed by atoms with Gasteiger partial charge < -0.3 is 4.52 Å². The lowest BCUT2D eigenvalue weighted by molar-refractivity contribution is 0.410. The van der Waals surface area contributed by atoms with Gasteiger partial charge in [-0.15, -0.1) is 23.5 Å². The third kappa shape index (κ3) is 6.07.